The lowest BCUT2D eigenvalue weighted by atomic mass is 9.87. The Morgan fingerprint density at radius 3 is 2.86 bits per heavy atom. The molecule has 0 bridgehead atoms. The summed E-state index contributed by atoms with van der Waals surface area (Å²) in [4.78, 5) is 18.6. The highest BCUT2D eigenvalue weighted by atomic mass is 16.2. The van der Waals surface area contributed by atoms with Crippen LogP contribution in [-0.2, 0) is 12.8 Å². The van der Waals surface area contributed by atoms with Crippen LogP contribution in [0.3, 0.4) is 0 Å². The van der Waals surface area contributed by atoms with Crippen LogP contribution in [0.4, 0.5) is 0 Å². The lowest BCUT2D eigenvalue weighted by Gasteiger charge is -2.20. The number of fused-ring (bicyclic) bond motifs is 3. The molecule has 1 aromatic heterocycles. The van der Waals surface area contributed by atoms with Crippen molar-refractivity contribution in [2.75, 3.05) is 6.54 Å². The van der Waals surface area contributed by atoms with Gasteiger partial charge in [-0.3, -0.25) is 4.79 Å². The number of amides is 1. The zero-order valence-electron chi connectivity index (χ0n) is 13.5. The van der Waals surface area contributed by atoms with Crippen LogP contribution < -0.4 is 0 Å². The summed E-state index contributed by atoms with van der Waals surface area (Å²) < 4.78 is 0. The molecule has 1 fully saturated rings. The number of nitrogens with zero attached hydrogens (tertiary/aromatic N) is 1. The van der Waals surface area contributed by atoms with Crippen LogP contribution in [0.5, 0.6) is 0 Å². The van der Waals surface area contributed by atoms with E-state index in [9.17, 15) is 4.79 Å². The normalized spacial score (nSPS) is 20.9. The van der Waals surface area contributed by atoms with Crippen molar-refractivity contribution in [2.24, 2.45) is 5.92 Å². The Hall–Kier alpha value is -1.77. The summed E-state index contributed by atoms with van der Waals surface area (Å²) in [7, 11) is 0. The van der Waals surface area contributed by atoms with Gasteiger partial charge >= 0.3 is 0 Å². The first-order valence-electron chi connectivity index (χ1n) is 8.62. The molecule has 0 saturated heterocycles. The summed E-state index contributed by atoms with van der Waals surface area (Å²) in [5.74, 6) is 0.937. The molecule has 1 aromatic carbocycles. The topological polar surface area (TPSA) is 36.1 Å². The van der Waals surface area contributed by atoms with Crippen molar-refractivity contribution in [3.05, 3.63) is 35.0 Å². The third-order valence-electron chi connectivity index (χ3n) is 5.29. The number of hydrogen-bond donors (Lipinski definition) is 1. The first-order chi connectivity index (χ1) is 10.7. The Bertz CT molecular complexity index is 726. The number of aromatic nitrogens is 1. The number of H-pyrrole nitrogens is 1. The molecule has 1 heterocycles. The molecular formula is C19H24N2O. The highest BCUT2D eigenvalue weighted by Crippen LogP contribution is 2.34. The van der Waals surface area contributed by atoms with Gasteiger partial charge < -0.3 is 9.88 Å². The molecule has 2 aliphatic carbocycles. The monoisotopic (exact) mass is 296 g/mol. The first-order valence-corrected chi connectivity index (χ1v) is 8.62. The second-order valence-corrected chi connectivity index (χ2v) is 6.98. The van der Waals surface area contributed by atoms with Gasteiger partial charge in [0.2, 0.25) is 0 Å². The van der Waals surface area contributed by atoms with Crippen molar-refractivity contribution < 1.29 is 4.79 Å². The number of para-hydroxylation sites is 1. The van der Waals surface area contributed by atoms with E-state index in [0.717, 1.165) is 49.2 Å². The van der Waals surface area contributed by atoms with Crippen LogP contribution >= 0.6 is 0 Å². The molecule has 0 aliphatic heterocycles. The zero-order valence-corrected chi connectivity index (χ0v) is 13.5. The molecule has 2 aromatic rings. The van der Waals surface area contributed by atoms with Crippen molar-refractivity contribution in [3.8, 4) is 0 Å². The maximum absolute atomic E-state index is 13.0. The Labute approximate surface area is 131 Å². The highest BCUT2D eigenvalue weighted by Gasteiger charge is 2.33. The molecule has 0 spiro atoms. The van der Waals surface area contributed by atoms with Crippen molar-refractivity contribution >= 4 is 16.8 Å². The number of hydrogen-bond acceptors (Lipinski definition) is 1. The second-order valence-electron chi connectivity index (χ2n) is 6.98. The van der Waals surface area contributed by atoms with Gasteiger partial charge in [0.15, 0.2) is 0 Å². The maximum Gasteiger partial charge on any atom is 0.256 e. The summed E-state index contributed by atoms with van der Waals surface area (Å²) in [6, 6.07) is 6.68. The molecule has 22 heavy (non-hydrogen) atoms. The van der Waals surface area contributed by atoms with E-state index in [0.29, 0.717) is 6.04 Å². The van der Waals surface area contributed by atoms with Crippen LogP contribution in [0.2, 0.25) is 0 Å². The third-order valence-corrected chi connectivity index (χ3v) is 5.29. The predicted molar refractivity (Wildman–Crippen MR) is 89.2 cm³/mol. The second kappa shape index (κ2) is 5.15. The average Bonchev–Trinajstić information content (AvgIpc) is 3.28. The van der Waals surface area contributed by atoms with Crippen molar-refractivity contribution in [1.82, 2.24) is 9.88 Å². The largest absolute Gasteiger partial charge is 0.358 e. The van der Waals surface area contributed by atoms with Gasteiger partial charge in [-0.15, -0.1) is 0 Å². The van der Waals surface area contributed by atoms with Gasteiger partial charge in [-0.1, -0.05) is 19.1 Å². The molecular weight excluding hydrogens is 272 g/mol. The van der Waals surface area contributed by atoms with Crippen LogP contribution in [-0.4, -0.2) is 28.4 Å². The number of rotatable bonds is 3. The van der Waals surface area contributed by atoms with Gasteiger partial charge in [0.25, 0.3) is 5.91 Å². The number of carbonyl (C=O) groups excluding carboxylic acids is 1. The van der Waals surface area contributed by atoms with E-state index < -0.39 is 0 Å². The van der Waals surface area contributed by atoms with Gasteiger partial charge in [0, 0.05) is 23.7 Å². The van der Waals surface area contributed by atoms with E-state index in [-0.39, 0.29) is 5.91 Å². The molecule has 3 nitrogen and oxygen atoms in total. The third kappa shape index (κ3) is 2.15. The summed E-state index contributed by atoms with van der Waals surface area (Å²) >= 11 is 0. The van der Waals surface area contributed by atoms with Gasteiger partial charge in [-0.25, -0.2) is 0 Å². The van der Waals surface area contributed by atoms with E-state index in [1.807, 2.05) is 17.0 Å². The van der Waals surface area contributed by atoms with Gasteiger partial charge in [0.1, 0.15) is 0 Å². The minimum atomic E-state index is 0.197. The molecule has 4 rings (SSSR count). The van der Waals surface area contributed by atoms with Crippen molar-refractivity contribution in [3.63, 3.8) is 0 Å². The Morgan fingerprint density at radius 1 is 1.32 bits per heavy atom. The molecule has 1 amide bonds. The zero-order chi connectivity index (χ0) is 15.3. The van der Waals surface area contributed by atoms with Crippen LogP contribution in [0.25, 0.3) is 10.9 Å². The van der Waals surface area contributed by atoms with Gasteiger partial charge in [-0.2, -0.15) is 0 Å². The lowest BCUT2D eigenvalue weighted by Crippen LogP contribution is -2.32. The number of aromatic amines is 1. The highest BCUT2D eigenvalue weighted by molar-refractivity contribution is 6.07. The van der Waals surface area contributed by atoms with E-state index >= 15 is 0 Å². The molecule has 2 aliphatic rings. The van der Waals surface area contributed by atoms with Crippen LogP contribution in [0.1, 0.15) is 54.7 Å². The van der Waals surface area contributed by atoms with Crippen LogP contribution in [0.15, 0.2) is 18.2 Å². The molecule has 1 unspecified atom stereocenters. The van der Waals surface area contributed by atoms with E-state index in [1.165, 1.54) is 23.1 Å². The predicted octanol–water partition coefficient (Wildman–Crippen LogP) is 3.92. The lowest BCUT2D eigenvalue weighted by molar-refractivity contribution is 0.0754. The average molecular weight is 296 g/mol. The molecule has 116 valence electrons. The number of aryl methyl sites for hydroxylation is 1. The Morgan fingerprint density at radius 2 is 2.14 bits per heavy atom. The number of carbonyl (C=O) groups is 1. The summed E-state index contributed by atoms with van der Waals surface area (Å²) in [5.41, 5.74) is 4.71. The molecule has 1 saturated carbocycles. The molecule has 1 atom stereocenters. The molecule has 3 heteroatoms. The molecule has 1 N–H and O–H groups in total. The van der Waals surface area contributed by atoms with Crippen LogP contribution in [0, 0.1) is 5.92 Å². The van der Waals surface area contributed by atoms with Gasteiger partial charge in [0.05, 0.1) is 11.1 Å². The first kappa shape index (κ1) is 13.9. The Kier molecular flexibility index (Phi) is 3.24. The van der Waals surface area contributed by atoms with Gasteiger partial charge in [-0.05, 0) is 56.6 Å². The smallest absolute Gasteiger partial charge is 0.256 e. The minimum absolute atomic E-state index is 0.197. The fourth-order valence-corrected chi connectivity index (χ4v) is 3.90. The summed E-state index contributed by atoms with van der Waals surface area (Å²) in [6.45, 7) is 5.21. The summed E-state index contributed by atoms with van der Waals surface area (Å²) in [6.07, 6.45) is 5.81. The van der Waals surface area contributed by atoms with Crippen molar-refractivity contribution in [1.29, 1.82) is 0 Å². The Balaban J connectivity index is 1.80. The van der Waals surface area contributed by atoms with E-state index in [4.69, 9.17) is 0 Å². The standard InChI is InChI=1S/C19H24N2O/c1-3-21(13-8-9-13)19(22)15-6-4-5-14-16-11-12(2)7-10-17(16)20-18(14)15/h4-6,12-13,20H,3,7-11H2,1-2H3. The SMILES string of the molecule is CCN(C(=O)c1cccc2c3c([nH]c12)CCC(C)C3)C1CC1. The van der Waals surface area contributed by atoms with E-state index in [2.05, 4.69) is 24.9 Å². The quantitative estimate of drug-likeness (QED) is 0.915. The number of benzene rings is 1. The summed E-state index contributed by atoms with van der Waals surface area (Å²) in [5, 5.41) is 1.26. The van der Waals surface area contributed by atoms with E-state index in [1.54, 1.807) is 0 Å². The number of nitrogens with one attached hydrogen (secondary N) is 1. The fraction of sp³-hybridized carbons (Fsp3) is 0.526. The molecule has 0 radical (unpaired) electrons. The fourth-order valence-electron chi connectivity index (χ4n) is 3.90. The minimum Gasteiger partial charge on any atom is -0.358 e. The maximum atomic E-state index is 13.0. The van der Waals surface area contributed by atoms with Crippen molar-refractivity contribution in [2.45, 2.75) is 52.0 Å².